The van der Waals surface area contributed by atoms with E-state index in [-0.39, 0.29) is 0 Å². The van der Waals surface area contributed by atoms with Gasteiger partial charge in [-0.15, -0.1) is 0 Å². The van der Waals surface area contributed by atoms with Gasteiger partial charge in [0, 0.05) is 24.0 Å². The van der Waals surface area contributed by atoms with Crippen molar-refractivity contribution in [3.8, 4) is 6.07 Å². The number of aromatic nitrogens is 2. The first-order valence-electron chi connectivity index (χ1n) is 6.57. The molecule has 1 aromatic heterocycles. The van der Waals surface area contributed by atoms with Crippen molar-refractivity contribution in [1.82, 2.24) is 9.97 Å². The Morgan fingerprint density at radius 1 is 1.35 bits per heavy atom. The maximum absolute atomic E-state index is 8.91. The van der Waals surface area contributed by atoms with Gasteiger partial charge in [0.2, 0.25) is 5.95 Å². The minimum atomic E-state index is 0.608. The smallest absolute Gasteiger partial charge is 0.224 e. The van der Waals surface area contributed by atoms with Crippen LogP contribution in [0.2, 0.25) is 0 Å². The summed E-state index contributed by atoms with van der Waals surface area (Å²) < 4.78 is 0. The molecule has 0 spiro atoms. The summed E-state index contributed by atoms with van der Waals surface area (Å²) in [5.74, 6) is 1.35. The molecule has 0 bridgehead atoms. The van der Waals surface area contributed by atoms with E-state index in [0.29, 0.717) is 11.5 Å². The molecular weight excluding hydrogens is 250 g/mol. The summed E-state index contributed by atoms with van der Waals surface area (Å²) in [5.41, 5.74) is 2.41. The molecule has 2 rings (SSSR count). The minimum Gasteiger partial charge on any atom is -0.354 e. The Morgan fingerprint density at radius 2 is 2.20 bits per heavy atom. The van der Waals surface area contributed by atoms with Crippen LogP contribution in [0.3, 0.4) is 0 Å². The van der Waals surface area contributed by atoms with Crippen molar-refractivity contribution in [3.05, 3.63) is 41.6 Å². The summed E-state index contributed by atoms with van der Waals surface area (Å²) in [6.07, 6.45) is 2.80. The Hall–Kier alpha value is -2.61. The van der Waals surface area contributed by atoms with Gasteiger partial charge in [0.1, 0.15) is 5.82 Å². The van der Waals surface area contributed by atoms with E-state index >= 15 is 0 Å². The molecule has 102 valence electrons. The lowest BCUT2D eigenvalue weighted by molar-refractivity contribution is 0.950. The fourth-order valence-corrected chi connectivity index (χ4v) is 1.69. The Balaban J connectivity index is 2.21. The molecule has 0 radical (unpaired) electrons. The molecule has 2 aromatic rings. The van der Waals surface area contributed by atoms with Gasteiger partial charge in [0.25, 0.3) is 0 Å². The van der Waals surface area contributed by atoms with E-state index in [9.17, 15) is 0 Å². The van der Waals surface area contributed by atoms with Crippen molar-refractivity contribution in [3.63, 3.8) is 0 Å². The molecule has 20 heavy (non-hydrogen) atoms. The third kappa shape index (κ3) is 3.45. The highest BCUT2D eigenvalue weighted by Crippen LogP contribution is 2.19. The van der Waals surface area contributed by atoms with Gasteiger partial charge < -0.3 is 10.6 Å². The van der Waals surface area contributed by atoms with Crippen LogP contribution in [0, 0.1) is 18.3 Å². The van der Waals surface area contributed by atoms with Crippen molar-refractivity contribution in [2.24, 2.45) is 0 Å². The van der Waals surface area contributed by atoms with Gasteiger partial charge in [-0.1, -0.05) is 13.0 Å². The van der Waals surface area contributed by atoms with Crippen molar-refractivity contribution in [1.29, 1.82) is 5.26 Å². The number of hydrogen-bond acceptors (Lipinski definition) is 5. The lowest BCUT2D eigenvalue weighted by Gasteiger charge is -2.10. The normalized spacial score (nSPS) is 9.85. The van der Waals surface area contributed by atoms with E-state index in [2.05, 4.69) is 33.6 Å². The van der Waals surface area contributed by atoms with Gasteiger partial charge in [-0.25, -0.2) is 4.98 Å². The van der Waals surface area contributed by atoms with Crippen LogP contribution in [0.25, 0.3) is 0 Å². The first kappa shape index (κ1) is 13.8. The maximum Gasteiger partial charge on any atom is 0.224 e. The number of aryl methyl sites for hydroxylation is 1. The van der Waals surface area contributed by atoms with Crippen molar-refractivity contribution in [2.75, 3.05) is 17.2 Å². The van der Waals surface area contributed by atoms with Crippen LogP contribution in [-0.2, 0) is 0 Å². The molecule has 0 fully saturated rings. The third-order valence-corrected chi connectivity index (χ3v) is 2.76. The molecule has 1 aromatic carbocycles. The summed E-state index contributed by atoms with van der Waals surface area (Å²) in [6.45, 7) is 4.88. The average molecular weight is 267 g/mol. The fraction of sp³-hybridized carbons (Fsp3) is 0.267. The van der Waals surface area contributed by atoms with Crippen LogP contribution < -0.4 is 10.6 Å². The first-order chi connectivity index (χ1) is 9.72. The van der Waals surface area contributed by atoms with Crippen LogP contribution >= 0.6 is 0 Å². The average Bonchev–Trinajstić information content (AvgIpc) is 2.48. The van der Waals surface area contributed by atoms with Gasteiger partial charge in [0.05, 0.1) is 11.6 Å². The summed E-state index contributed by atoms with van der Waals surface area (Å²) >= 11 is 0. The van der Waals surface area contributed by atoms with E-state index in [4.69, 9.17) is 5.26 Å². The number of benzene rings is 1. The highest BCUT2D eigenvalue weighted by Gasteiger charge is 2.04. The molecule has 5 nitrogen and oxygen atoms in total. The van der Waals surface area contributed by atoms with Gasteiger partial charge in [-0.05, 0) is 31.5 Å². The molecule has 0 aliphatic carbocycles. The Morgan fingerprint density at radius 3 is 2.95 bits per heavy atom. The third-order valence-electron chi connectivity index (χ3n) is 2.76. The first-order valence-corrected chi connectivity index (χ1v) is 6.57. The Kier molecular flexibility index (Phi) is 4.51. The monoisotopic (exact) mass is 267 g/mol. The van der Waals surface area contributed by atoms with Crippen molar-refractivity contribution in [2.45, 2.75) is 20.3 Å². The lowest BCUT2D eigenvalue weighted by Crippen LogP contribution is -2.06. The second-order valence-corrected chi connectivity index (χ2v) is 4.47. The lowest BCUT2D eigenvalue weighted by atomic mass is 10.2. The molecule has 2 N–H and O–H groups in total. The van der Waals surface area contributed by atoms with E-state index in [1.165, 1.54) is 0 Å². The van der Waals surface area contributed by atoms with Crippen LogP contribution in [0.4, 0.5) is 17.5 Å². The predicted molar refractivity (Wildman–Crippen MR) is 80.0 cm³/mol. The topological polar surface area (TPSA) is 73.6 Å². The zero-order chi connectivity index (χ0) is 14.4. The standard InChI is InChI=1S/C15H17N5/c1-3-7-17-15-18-10-11(2)14(20-15)19-13-6-4-5-12(8-13)9-16/h4-6,8,10H,3,7H2,1-2H3,(H2,17,18,19,20). The summed E-state index contributed by atoms with van der Waals surface area (Å²) in [5, 5.41) is 15.3. The molecule has 1 heterocycles. The van der Waals surface area contributed by atoms with Crippen LogP contribution in [0.1, 0.15) is 24.5 Å². The van der Waals surface area contributed by atoms with Crippen LogP contribution in [0.15, 0.2) is 30.5 Å². The summed E-state index contributed by atoms with van der Waals surface area (Å²) in [4.78, 5) is 8.68. The number of anilines is 3. The SMILES string of the molecule is CCCNc1ncc(C)c(Nc2cccc(C#N)c2)n1. The van der Waals surface area contributed by atoms with E-state index in [0.717, 1.165) is 30.0 Å². The van der Waals surface area contributed by atoms with Crippen molar-refractivity contribution >= 4 is 17.5 Å². The number of nitriles is 1. The zero-order valence-corrected chi connectivity index (χ0v) is 11.6. The highest BCUT2D eigenvalue weighted by molar-refractivity contribution is 5.61. The van der Waals surface area contributed by atoms with Gasteiger partial charge >= 0.3 is 0 Å². The number of hydrogen-bond donors (Lipinski definition) is 2. The molecule has 0 aliphatic rings. The van der Waals surface area contributed by atoms with Gasteiger partial charge in [0.15, 0.2) is 0 Å². The maximum atomic E-state index is 8.91. The van der Waals surface area contributed by atoms with Gasteiger partial charge in [-0.3, -0.25) is 0 Å². The molecular formula is C15H17N5. The molecule has 0 amide bonds. The largest absolute Gasteiger partial charge is 0.354 e. The number of nitrogens with zero attached hydrogens (tertiary/aromatic N) is 3. The zero-order valence-electron chi connectivity index (χ0n) is 11.6. The Bertz CT molecular complexity index is 630. The second-order valence-electron chi connectivity index (χ2n) is 4.47. The molecule has 0 unspecified atom stereocenters. The summed E-state index contributed by atoms with van der Waals surface area (Å²) in [6, 6.07) is 9.43. The molecule has 5 heteroatoms. The molecule has 0 saturated heterocycles. The highest BCUT2D eigenvalue weighted by atomic mass is 15.1. The molecule has 0 atom stereocenters. The number of nitrogens with one attached hydrogen (secondary N) is 2. The minimum absolute atomic E-state index is 0.608. The van der Waals surface area contributed by atoms with Crippen LogP contribution in [0.5, 0.6) is 0 Å². The fourth-order valence-electron chi connectivity index (χ4n) is 1.69. The molecule has 0 saturated carbocycles. The predicted octanol–water partition coefficient (Wildman–Crippen LogP) is 3.22. The number of rotatable bonds is 5. The van der Waals surface area contributed by atoms with Crippen molar-refractivity contribution < 1.29 is 0 Å². The summed E-state index contributed by atoms with van der Waals surface area (Å²) in [7, 11) is 0. The van der Waals surface area contributed by atoms with Crippen LogP contribution in [-0.4, -0.2) is 16.5 Å². The second kappa shape index (κ2) is 6.53. The van der Waals surface area contributed by atoms with Gasteiger partial charge in [-0.2, -0.15) is 10.2 Å². The quantitative estimate of drug-likeness (QED) is 0.870. The van der Waals surface area contributed by atoms with E-state index in [1.807, 2.05) is 19.1 Å². The van der Waals surface area contributed by atoms with E-state index in [1.54, 1.807) is 18.3 Å². The molecule has 0 aliphatic heterocycles. The Labute approximate surface area is 118 Å². The van der Waals surface area contributed by atoms with E-state index < -0.39 is 0 Å².